The Morgan fingerprint density at radius 1 is 1.21 bits per heavy atom. The molecular weight excluding hydrogens is 359 g/mol. The van der Waals surface area contributed by atoms with Crippen molar-refractivity contribution in [2.75, 3.05) is 32.7 Å². The van der Waals surface area contributed by atoms with Gasteiger partial charge in [0.25, 0.3) is 0 Å². The molecule has 0 saturated carbocycles. The lowest BCUT2D eigenvalue weighted by Gasteiger charge is -2.39. The van der Waals surface area contributed by atoms with E-state index in [0.29, 0.717) is 18.9 Å². The molecule has 7 heteroatoms. The fourth-order valence-electron chi connectivity index (χ4n) is 3.92. The van der Waals surface area contributed by atoms with Gasteiger partial charge in [-0.15, -0.1) is 0 Å². The third-order valence-corrected chi connectivity index (χ3v) is 5.62. The Morgan fingerprint density at radius 2 is 1.93 bits per heavy atom. The molecule has 6 nitrogen and oxygen atoms in total. The van der Waals surface area contributed by atoms with E-state index in [4.69, 9.17) is 0 Å². The monoisotopic (exact) mass is 384 g/mol. The summed E-state index contributed by atoms with van der Waals surface area (Å²) in [6.07, 6.45) is 3.38. The van der Waals surface area contributed by atoms with E-state index in [9.17, 15) is 14.3 Å². The van der Waals surface area contributed by atoms with Crippen molar-refractivity contribution in [2.24, 2.45) is 5.41 Å². The lowest BCUT2D eigenvalue weighted by Crippen LogP contribution is -2.49. The number of carboxylic acids is 1. The lowest BCUT2D eigenvalue weighted by molar-refractivity contribution is -0.148. The highest BCUT2D eigenvalue weighted by atomic mass is 19.1. The first-order valence-corrected chi connectivity index (χ1v) is 9.57. The van der Waals surface area contributed by atoms with Gasteiger partial charge in [0.15, 0.2) is 5.82 Å². The van der Waals surface area contributed by atoms with Crippen molar-refractivity contribution in [3.8, 4) is 0 Å². The number of carbonyl (C=O) groups is 1. The largest absolute Gasteiger partial charge is 0.481 e. The van der Waals surface area contributed by atoms with Crippen molar-refractivity contribution in [3.63, 3.8) is 0 Å². The van der Waals surface area contributed by atoms with E-state index in [2.05, 4.69) is 20.9 Å². The number of hydrogen-bond donors (Lipinski definition) is 1. The second kappa shape index (κ2) is 7.05. The first kappa shape index (κ1) is 18.7. The number of rotatable bonds is 4. The number of imidazole rings is 1. The Bertz CT molecular complexity index is 926. The average Bonchev–Trinajstić information content (AvgIpc) is 2.93. The van der Waals surface area contributed by atoms with Gasteiger partial charge in [-0.1, -0.05) is 24.3 Å². The number of aliphatic carboxylic acids is 1. The van der Waals surface area contributed by atoms with Crippen LogP contribution in [0, 0.1) is 11.4 Å². The minimum Gasteiger partial charge on any atom is -0.481 e. The Morgan fingerprint density at radius 3 is 2.64 bits per heavy atom. The highest BCUT2D eigenvalue weighted by molar-refractivity contribution is 5.80. The quantitative estimate of drug-likeness (QED) is 0.878. The SMILES string of the molecule is CC(C)(CN1CCN(C2=Cc3ccccc3Cn3c(F)cnc32)CC1)C(=O)O. The molecule has 0 unspecified atom stereocenters. The Kier molecular flexibility index (Phi) is 4.71. The molecule has 3 heterocycles. The summed E-state index contributed by atoms with van der Waals surface area (Å²) < 4.78 is 16.0. The van der Waals surface area contributed by atoms with Crippen molar-refractivity contribution in [2.45, 2.75) is 20.4 Å². The van der Waals surface area contributed by atoms with Crippen LogP contribution >= 0.6 is 0 Å². The van der Waals surface area contributed by atoms with Gasteiger partial charge in [-0.2, -0.15) is 4.39 Å². The van der Waals surface area contributed by atoms with Crippen LogP contribution in [0.2, 0.25) is 0 Å². The second-order valence-electron chi connectivity index (χ2n) is 8.17. The molecule has 0 radical (unpaired) electrons. The molecule has 148 valence electrons. The van der Waals surface area contributed by atoms with E-state index in [1.54, 1.807) is 18.4 Å². The van der Waals surface area contributed by atoms with Crippen LogP contribution in [0.3, 0.4) is 0 Å². The van der Waals surface area contributed by atoms with Crippen molar-refractivity contribution in [1.82, 2.24) is 19.4 Å². The molecule has 1 N–H and O–H groups in total. The van der Waals surface area contributed by atoms with Crippen molar-refractivity contribution >= 4 is 17.7 Å². The summed E-state index contributed by atoms with van der Waals surface area (Å²) in [5.41, 5.74) is 2.29. The maximum atomic E-state index is 14.4. The number of halogens is 1. The lowest BCUT2D eigenvalue weighted by atomic mass is 9.93. The van der Waals surface area contributed by atoms with Gasteiger partial charge in [-0.3, -0.25) is 14.3 Å². The molecule has 0 atom stereocenters. The van der Waals surface area contributed by atoms with Crippen LogP contribution in [0.15, 0.2) is 30.5 Å². The molecule has 1 aromatic carbocycles. The maximum Gasteiger partial charge on any atom is 0.310 e. The number of piperazine rings is 1. The van der Waals surface area contributed by atoms with Crippen molar-refractivity contribution in [3.05, 3.63) is 53.4 Å². The Hall–Kier alpha value is -2.67. The van der Waals surface area contributed by atoms with E-state index in [1.165, 1.54) is 6.20 Å². The molecule has 28 heavy (non-hydrogen) atoms. The van der Waals surface area contributed by atoms with E-state index in [-0.39, 0.29) is 5.95 Å². The molecule has 0 aliphatic carbocycles. The third kappa shape index (κ3) is 3.42. The molecule has 2 aliphatic rings. The van der Waals surface area contributed by atoms with Gasteiger partial charge < -0.3 is 10.0 Å². The summed E-state index contributed by atoms with van der Waals surface area (Å²) in [5, 5.41) is 9.37. The van der Waals surface area contributed by atoms with Gasteiger partial charge in [0.05, 0.1) is 23.9 Å². The number of hydrogen-bond acceptors (Lipinski definition) is 4. The van der Waals surface area contributed by atoms with Gasteiger partial charge in [-0.25, -0.2) is 4.98 Å². The molecule has 2 aromatic rings. The predicted molar refractivity (Wildman–Crippen MR) is 105 cm³/mol. The number of nitrogens with zero attached hydrogens (tertiary/aromatic N) is 4. The fraction of sp³-hybridized carbons (Fsp3) is 0.429. The Labute approximate surface area is 163 Å². The minimum atomic E-state index is -0.782. The third-order valence-electron chi connectivity index (χ3n) is 5.62. The van der Waals surface area contributed by atoms with Gasteiger partial charge >= 0.3 is 5.97 Å². The summed E-state index contributed by atoms with van der Waals surface area (Å²) in [5.74, 6) is -0.469. The normalized spacial score (nSPS) is 17.5. The Balaban J connectivity index is 1.57. The van der Waals surface area contributed by atoms with E-state index < -0.39 is 11.4 Å². The molecular formula is C21H25FN4O2. The van der Waals surface area contributed by atoms with E-state index >= 15 is 0 Å². The van der Waals surface area contributed by atoms with Gasteiger partial charge in [0.1, 0.15) is 0 Å². The van der Waals surface area contributed by atoms with Crippen LogP contribution in [-0.2, 0) is 11.3 Å². The van der Waals surface area contributed by atoms with Crippen LogP contribution < -0.4 is 0 Å². The molecule has 1 saturated heterocycles. The first-order chi connectivity index (χ1) is 13.3. The number of carboxylic acid groups (broad SMARTS) is 1. The zero-order valence-electron chi connectivity index (χ0n) is 16.2. The standard InChI is InChI=1S/C21H25FN4O2/c1-21(2,20(27)28)14-24-7-9-25(10-8-24)17-11-15-5-3-4-6-16(15)13-26-18(22)12-23-19(17)26/h3-6,11-12H,7-10,13-14H2,1-2H3,(H,27,28). The summed E-state index contributed by atoms with van der Waals surface area (Å²) in [6.45, 7) is 7.51. The number of aromatic nitrogens is 2. The molecule has 2 aliphatic heterocycles. The van der Waals surface area contributed by atoms with Crippen LogP contribution in [0.25, 0.3) is 11.8 Å². The second-order valence-corrected chi connectivity index (χ2v) is 8.17. The van der Waals surface area contributed by atoms with Gasteiger partial charge in [0, 0.05) is 32.7 Å². The van der Waals surface area contributed by atoms with E-state index in [0.717, 1.165) is 43.0 Å². The summed E-state index contributed by atoms with van der Waals surface area (Å²) in [4.78, 5) is 20.2. The molecule has 1 fully saturated rings. The topological polar surface area (TPSA) is 61.6 Å². The maximum absolute atomic E-state index is 14.4. The predicted octanol–water partition coefficient (Wildman–Crippen LogP) is 2.61. The number of benzene rings is 1. The van der Waals surface area contributed by atoms with E-state index in [1.807, 2.05) is 24.3 Å². The smallest absolute Gasteiger partial charge is 0.310 e. The van der Waals surface area contributed by atoms with Crippen LogP contribution in [0.4, 0.5) is 4.39 Å². The highest BCUT2D eigenvalue weighted by Gasteiger charge is 2.32. The van der Waals surface area contributed by atoms with Gasteiger partial charge in [-0.05, 0) is 31.1 Å². The molecule has 1 aromatic heterocycles. The average molecular weight is 384 g/mol. The van der Waals surface area contributed by atoms with Crippen molar-refractivity contribution < 1.29 is 14.3 Å². The minimum absolute atomic E-state index is 0.334. The van der Waals surface area contributed by atoms with Crippen LogP contribution in [0.5, 0.6) is 0 Å². The fourth-order valence-corrected chi connectivity index (χ4v) is 3.92. The zero-order valence-corrected chi connectivity index (χ0v) is 16.2. The van der Waals surface area contributed by atoms with Crippen molar-refractivity contribution in [1.29, 1.82) is 0 Å². The first-order valence-electron chi connectivity index (χ1n) is 9.57. The molecule has 0 bridgehead atoms. The summed E-state index contributed by atoms with van der Waals surface area (Å²) in [6, 6.07) is 8.02. The zero-order chi connectivity index (χ0) is 19.9. The molecule has 0 spiro atoms. The van der Waals surface area contributed by atoms with Gasteiger partial charge in [0.2, 0.25) is 5.95 Å². The summed E-state index contributed by atoms with van der Waals surface area (Å²) >= 11 is 0. The van der Waals surface area contributed by atoms with Crippen LogP contribution in [0.1, 0.15) is 30.8 Å². The number of fused-ring (bicyclic) bond motifs is 2. The van der Waals surface area contributed by atoms with Crippen LogP contribution in [-0.4, -0.2) is 63.2 Å². The summed E-state index contributed by atoms with van der Waals surface area (Å²) in [7, 11) is 0. The molecule has 0 amide bonds. The highest BCUT2D eigenvalue weighted by Crippen LogP contribution is 2.30. The molecule has 4 rings (SSSR count).